The molecule has 3 rings (SSSR count). The Balaban J connectivity index is 1.82. The van der Waals surface area contributed by atoms with E-state index in [2.05, 4.69) is 4.90 Å². The first-order chi connectivity index (χ1) is 16.8. The lowest BCUT2D eigenvalue weighted by Crippen LogP contribution is -2.45. The summed E-state index contributed by atoms with van der Waals surface area (Å²) in [6, 6.07) is 11.3. The van der Waals surface area contributed by atoms with E-state index in [1.54, 1.807) is 10.4 Å². The summed E-state index contributed by atoms with van der Waals surface area (Å²) < 4.78 is 25.5. The lowest BCUT2D eigenvalue weighted by molar-refractivity contribution is -0.117. The van der Waals surface area contributed by atoms with Crippen molar-refractivity contribution in [1.29, 1.82) is 0 Å². The van der Waals surface area contributed by atoms with Crippen LogP contribution in [0, 0.1) is 6.92 Å². The number of sulfonamides is 1. The molecule has 1 heterocycles. The van der Waals surface area contributed by atoms with Crippen molar-refractivity contribution in [3.8, 4) is 0 Å². The number of hydrogen-bond acceptors (Lipinski definition) is 4. The number of rotatable bonds is 9. The first-order valence-electron chi connectivity index (χ1n) is 12.2. The molecule has 1 aliphatic rings. The van der Waals surface area contributed by atoms with Gasteiger partial charge in [0, 0.05) is 30.1 Å². The minimum absolute atomic E-state index is 0.155. The van der Waals surface area contributed by atoms with E-state index in [0.29, 0.717) is 54.0 Å². The fraction of sp³-hybridized carbons (Fsp3) is 0.500. The lowest BCUT2D eigenvalue weighted by atomic mass is 9.39. The first kappa shape index (κ1) is 29.5. The molecule has 5 nitrogen and oxygen atoms in total. The van der Waals surface area contributed by atoms with Crippen LogP contribution in [0.15, 0.2) is 36.4 Å². The van der Waals surface area contributed by atoms with Gasteiger partial charge in [-0.15, -0.1) is 0 Å². The highest BCUT2D eigenvalue weighted by Gasteiger charge is 2.39. The molecule has 1 atom stereocenters. The third-order valence-electron chi connectivity index (χ3n) is 7.26. The van der Waals surface area contributed by atoms with Gasteiger partial charge in [0.15, 0.2) is 0 Å². The van der Waals surface area contributed by atoms with Gasteiger partial charge in [0.25, 0.3) is 0 Å². The highest BCUT2D eigenvalue weighted by atomic mass is 35.5. The van der Waals surface area contributed by atoms with Crippen molar-refractivity contribution >= 4 is 57.2 Å². The second kappa shape index (κ2) is 12.2. The van der Waals surface area contributed by atoms with Gasteiger partial charge >= 0.3 is 0 Å². The summed E-state index contributed by atoms with van der Waals surface area (Å²) in [5.74, 6) is 0. The topological polar surface area (TPSA) is 57.7 Å². The SMILES string of the molecule is CB(Cc1ccc(Cl)c(Cl)c1)C(=O)C(C)(CCN1CCCN(S(C)(=O)=O)CC1)c1ccc(Cl)c(C)c1. The average Bonchev–Trinajstić information content (AvgIpc) is 3.07. The van der Waals surface area contributed by atoms with Crippen molar-refractivity contribution in [1.82, 2.24) is 9.21 Å². The minimum Gasteiger partial charge on any atom is -0.310 e. The third-order valence-corrected chi connectivity index (χ3v) is 9.72. The molecule has 1 unspecified atom stereocenters. The quantitative estimate of drug-likeness (QED) is 0.369. The van der Waals surface area contributed by atoms with Crippen molar-refractivity contribution in [3.63, 3.8) is 0 Å². The van der Waals surface area contributed by atoms with Gasteiger partial charge in [0.05, 0.1) is 16.3 Å². The van der Waals surface area contributed by atoms with Crippen molar-refractivity contribution in [2.24, 2.45) is 0 Å². The summed E-state index contributed by atoms with van der Waals surface area (Å²) in [6.45, 7) is 8.83. The highest BCUT2D eigenvalue weighted by molar-refractivity contribution is 7.88. The third kappa shape index (κ3) is 7.27. The van der Waals surface area contributed by atoms with Crippen LogP contribution in [-0.2, 0) is 26.6 Å². The molecule has 0 bridgehead atoms. The summed E-state index contributed by atoms with van der Waals surface area (Å²) in [5.41, 5.74) is 2.27. The fourth-order valence-electron chi connectivity index (χ4n) is 4.94. The molecule has 0 radical (unpaired) electrons. The Morgan fingerprint density at radius 3 is 2.33 bits per heavy atom. The van der Waals surface area contributed by atoms with Gasteiger partial charge in [-0.2, -0.15) is 0 Å². The number of benzene rings is 2. The van der Waals surface area contributed by atoms with Crippen LogP contribution in [0.3, 0.4) is 0 Å². The van der Waals surface area contributed by atoms with E-state index >= 15 is 0 Å². The molecule has 2 aromatic rings. The van der Waals surface area contributed by atoms with Gasteiger partial charge in [0.1, 0.15) is 5.68 Å². The van der Waals surface area contributed by atoms with Crippen molar-refractivity contribution < 1.29 is 13.2 Å². The normalized spacial score (nSPS) is 17.4. The van der Waals surface area contributed by atoms with Crippen LogP contribution in [0.25, 0.3) is 0 Å². The average molecular weight is 572 g/mol. The molecular formula is C26H34BCl3N2O3S. The van der Waals surface area contributed by atoms with Crippen molar-refractivity contribution in [3.05, 3.63) is 68.2 Å². The second-order valence-corrected chi connectivity index (χ2v) is 13.3. The Bertz CT molecular complexity index is 1210. The molecule has 1 aliphatic heterocycles. The summed E-state index contributed by atoms with van der Waals surface area (Å²) in [7, 11) is -3.21. The largest absolute Gasteiger partial charge is 0.310 e. The number of nitrogens with zero attached hydrogens (tertiary/aromatic N) is 2. The molecule has 0 N–H and O–H groups in total. The molecule has 1 fully saturated rings. The molecule has 2 aromatic carbocycles. The van der Waals surface area contributed by atoms with E-state index in [0.717, 1.165) is 29.7 Å². The molecular weight excluding hydrogens is 538 g/mol. The van der Waals surface area contributed by atoms with Gasteiger partial charge in [-0.25, -0.2) is 12.7 Å². The van der Waals surface area contributed by atoms with Gasteiger partial charge in [-0.1, -0.05) is 65.4 Å². The number of carbonyl (C=O) groups is 1. The van der Waals surface area contributed by atoms with Gasteiger partial charge in [0.2, 0.25) is 16.7 Å². The monoisotopic (exact) mass is 570 g/mol. The minimum atomic E-state index is -3.21. The van der Waals surface area contributed by atoms with Crippen molar-refractivity contribution in [2.45, 2.75) is 45.2 Å². The molecule has 0 aliphatic carbocycles. The van der Waals surface area contributed by atoms with Crippen LogP contribution in [0.5, 0.6) is 0 Å². The van der Waals surface area contributed by atoms with Crippen LogP contribution >= 0.6 is 34.8 Å². The standard InChI is InChI=1S/C26H34BCl3N2O3S/c1-19-16-21(7-9-22(19)28)26(2,10-13-31-11-5-12-32(15-14-31)36(4,34)35)25(33)27(3)18-20-6-8-23(29)24(30)17-20/h6-9,16-17H,5,10-15,18H2,1-4H3. The van der Waals surface area contributed by atoms with Gasteiger partial charge in [-0.05, 0) is 75.4 Å². The zero-order valence-corrected chi connectivity index (χ0v) is 24.4. The maximum absolute atomic E-state index is 14.0. The van der Waals surface area contributed by atoms with E-state index in [1.807, 2.05) is 51.0 Å². The predicted octanol–water partition coefficient (Wildman–Crippen LogP) is 5.59. The summed E-state index contributed by atoms with van der Waals surface area (Å²) in [4.78, 5) is 16.3. The Labute approximate surface area is 231 Å². The Morgan fingerprint density at radius 2 is 1.69 bits per heavy atom. The summed E-state index contributed by atoms with van der Waals surface area (Å²) in [6.07, 6.45) is 3.21. The molecule has 0 saturated carbocycles. The van der Waals surface area contributed by atoms with E-state index in [-0.39, 0.29) is 12.4 Å². The summed E-state index contributed by atoms with van der Waals surface area (Å²) >= 11 is 18.6. The number of hydrogen-bond donors (Lipinski definition) is 0. The maximum Gasteiger partial charge on any atom is 0.225 e. The molecule has 0 aromatic heterocycles. The lowest BCUT2D eigenvalue weighted by Gasteiger charge is -2.34. The molecule has 10 heteroatoms. The molecule has 0 spiro atoms. The second-order valence-electron chi connectivity index (χ2n) is 10.1. The number of halogens is 3. The molecule has 0 amide bonds. The number of carbonyl (C=O) groups excluding carboxylic acids is 1. The van der Waals surface area contributed by atoms with Gasteiger partial charge in [-0.3, -0.25) is 0 Å². The molecule has 1 saturated heterocycles. The van der Waals surface area contributed by atoms with E-state index in [4.69, 9.17) is 34.8 Å². The number of aryl methyl sites for hydroxylation is 1. The van der Waals surface area contributed by atoms with Crippen LogP contribution in [0.1, 0.15) is 36.5 Å². The molecule has 36 heavy (non-hydrogen) atoms. The van der Waals surface area contributed by atoms with E-state index in [9.17, 15) is 13.2 Å². The summed E-state index contributed by atoms with van der Waals surface area (Å²) in [5, 5.41) is 1.65. The smallest absolute Gasteiger partial charge is 0.225 e. The van der Waals surface area contributed by atoms with Crippen molar-refractivity contribution in [2.75, 3.05) is 39.0 Å². The molecule has 196 valence electrons. The van der Waals surface area contributed by atoms with E-state index in [1.165, 1.54) is 6.26 Å². The first-order valence-corrected chi connectivity index (χ1v) is 15.2. The Morgan fingerprint density at radius 1 is 1.00 bits per heavy atom. The zero-order chi connectivity index (χ0) is 26.7. The van der Waals surface area contributed by atoms with Crippen LogP contribution in [0.2, 0.25) is 21.9 Å². The fourth-order valence-corrected chi connectivity index (χ4v) is 6.25. The van der Waals surface area contributed by atoms with Crippen LogP contribution in [0.4, 0.5) is 0 Å². The van der Waals surface area contributed by atoms with Crippen LogP contribution < -0.4 is 0 Å². The van der Waals surface area contributed by atoms with Crippen LogP contribution in [-0.4, -0.2) is 69.0 Å². The van der Waals surface area contributed by atoms with E-state index < -0.39 is 15.4 Å². The Hall–Kier alpha value is -1.09. The predicted molar refractivity (Wildman–Crippen MR) is 152 cm³/mol. The zero-order valence-electron chi connectivity index (χ0n) is 21.4. The Kier molecular flexibility index (Phi) is 9.97. The highest BCUT2D eigenvalue weighted by Crippen LogP contribution is 2.33. The van der Waals surface area contributed by atoms with Gasteiger partial charge < -0.3 is 9.69 Å². The maximum atomic E-state index is 14.0.